The summed E-state index contributed by atoms with van der Waals surface area (Å²) in [5, 5.41) is 26.1. The van der Waals surface area contributed by atoms with Crippen molar-refractivity contribution in [2.24, 2.45) is 5.92 Å². The Labute approximate surface area is 99.0 Å². The van der Waals surface area contributed by atoms with Crippen LogP contribution in [0, 0.1) is 5.92 Å². The van der Waals surface area contributed by atoms with Crippen molar-refractivity contribution in [3.8, 4) is 0 Å². The van der Waals surface area contributed by atoms with Crippen molar-refractivity contribution in [1.82, 2.24) is 25.9 Å². The van der Waals surface area contributed by atoms with Crippen LogP contribution in [-0.4, -0.2) is 37.7 Å². The highest BCUT2D eigenvalue weighted by atomic mass is 16.4. The summed E-state index contributed by atoms with van der Waals surface area (Å²) in [4.78, 5) is 10.9. The number of rotatable bonds is 4. The second-order valence-electron chi connectivity index (χ2n) is 4.56. The zero-order chi connectivity index (χ0) is 12.3. The minimum absolute atomic E-state index is 0.00806. The number of hydrogen-bond donors (Lipinski definition) is 3. The number of nitrogens with one attached hydrogen (secondary N) is 2. The van der Waals surface area contributed by atoms with Crippen molar-refractivity contribution in [2.45, 2.75) is 44.7 Å². The Morgan fingerprint density at radius 2 is 2.41 bits per heavy atom. The maximum Gasteiger partial charge on any atom is 0.306 e. The highest BCUT2D eigenvalue weighted by molar-refractivity contribution is 5.70. The molecule has 2 rings (SSSR count). The van der Waals surface area contributed by atoms with Crippen LogP contribution in [0.5, 0.6) is 0 Å². The third kappa shape index (κ3) is 3.00. The molecule has 0 bridgehead atoms. The summed E-state index contributed by atoms with van der Waals surface area (Å²) >= 11 is 0. The normalized spacial score (nSPS) is 26.6. The van der Waals surface area contributed by atoms with Gasteiger partial charge in [-0.3, -0.25) is 4.79 Å². The predicted octanol–water partition coefficient (Wildman–Crippen LogP) is 0.494. The highest BCUT2D eigenvalue weighted by Gasteiger charge is 2.28. The number of tetrazole rings is 1. The van der Waals surface area contributed by atoms with Gasteiger partial charge in [-0.15, -0.1) is 10.2 Å². The Hall–Kier alpha value is -1.50. The van der Waals surface area contributed by atoms with Crippen LogP contribution in [0.25, 0.3) is 0 Å². The van der Waals surface area contributed by atoms with Gasteiger partial charge in [-0.05, 0) is 26.2 Å². The zero-order valence-electron chi connectivity index (χ0n) is 9.76. The highest BCUT2D eigenvalue weighted by Crippen LogP contribution is 2.25. The van der Waals surface area contributed by atoms with Gasteiger partial charge in [-0.25, -0.2) is 0 Å². The van der Waals surface area contributed by atoms with E-state index in [0.717, 1.165) is 19.3 Å². The lowest BCUT2D eigenvalue weighted by Crippen LogP contribution is -2.38. The van der Waals surface area contributed by atoms with Crippen LogP contribution in [0.15, 0.2) is 0 Å². The molecule has 3 N–H and O–H groups in total. The van der Waals surface area contributed by atoms with Gasteiger partial charge in [0.1, 0.15) is 0 Å². The van der Waals surface area contributed by atoms with Crippen molar-refractivity contribution >= 4 is 5.97 Å². The Morgan fingerprint density at radius 3 is 3.06 bits per heavy atom. The first kappa shape index (κ1) is 12.0. The molecule has 1 aliphatic rings. The van der Waals surface area contributed by atoms with Gasteiger partial charge >= 0.3 is 5.97 Å². The summed E-state index contributed by atoms with van der Waals surface area (Å²) in [7, 11) is 0. The molecule has 0 saturated heterocycles. The van der Waals surface area contributed by atoms with Gasteiger partial charge in [0.05, 0.1) is 12.0 Å². The van der Waals surface area contributed by atoms with Gasteiger partial charge in [-0.1, -0.05) is 11.6 Å². The Bertz CT molecular complexity index is 367. The maximum absolute atomic E-state index is 10.9. The minimum Gasteiger partial charge on any atom is -0.481 e. The molecule has 1 saturated carbocycles. The monoisotopic (exact) mass is 239 g/mol. The van der Waals surface area contributed by atoms with Gasteiger partial charge in [-0.2, -0.15) is 5.21 Å². The molecule has 1 aliphatic carbocycles. The van der Waals surface area contributed by atoms with Gasteiger partial charge in [0.15, 0.2) is 5.82 Å². The molecular weight excluding hydrogens is 222 g/mol. The second kappa shape index (κ2) is 5.22. The number of aliphatic carboxylic acids is 1. The molecule has 7 nitrogen and oxygen atoms in total. The fourth-order valence-electron chi connectivity index (χ4n) is 2.35. The van der Waals surface area contributed by atoms with E-state index in [1.165, 1.54) is 0 Å². The lowest BCUT2D eigenvalue weighted by Gasteiger charge is -2.29. The molecule has 0 radical (unpaired) electrons. The first-order valence-corrected chi connectivity index (χ1v) is 5.89. The fraction of sp³-hybridized carbons (Fsp3) is 0.800. The standard InChI is InChI=1S/C10H17N5O2/c1-6(9-12-14-15-13-9)11-8-4-2-3-7(5-8)10(16)17/h6-8,11H,2-5H2,1H3,(H,16,17)(H,12,13,14,15). The molecule has 0 spiro atoms. The number of aromatic amines is 1. The van der Waals surface area contributed by atoms with Crippen molar-refractivity contribution in [3.63, 3.8) is 0 Å². The van der Waals surface area contributed by atoms with Crippen LogP contribution in [0.1, 0.15) is 44.5 Å². The first-order chi connectivity index (χ1) is 8.16. The summed E-state index contributed by atoms with van der Waals surface area (Å²) in [5.41, 5.74) is 0. The van der Waals surface area contributed by atoms with Crippen LogP contribution in [0.2, 0.25) is 0 Å². The smallest absolute Gasteiger partial charge is 0.306 e. The second-order valence-corrected chi connectivity index (χ2v) is 4.56. The summed E-state index contributed by atoms with van der Waals surface area (Å²) in [5.74, 6) is -0.301. The van der Waals surface area contributed by atoms with E-state index >= 15 is 0 Å². The van der Waals surface area contributed by atoms with Crippen molar-refractivity contribution in [2.75, 3.05) is 0 Å². The summed E-state index contributed by atoms with van der Waals surface area (Å²) in [6.07, 6.45) is 3.42. The number of nitrogens with zero attached hydrogens (tertiary/aromatic N) is 3. The number of H-pyrrole nitrogens is 1. The molecule has 7 heteroatoms. The van der Waals surface area contributed by atoms with E-state index in [1.807, 2.05) is 6.92 Å². The SMILES string of the molecule is CC(NC1CCCC(C(=O)O)C1)c1nn[nH]n1. The topological polar surface area (TPSA) is 104 Å². The number of hydrogen-bond acceptors (Lipinski definition) is 5. The van der Waals surface area contributed by atoms with Crippen LogP contribution in [0.3, 0.4) is 0 Å². The number of aromatic nitrogens is 4. The molecule has 0 amide bonds. The van der Waals surface area contributed by atoms with Crippen molar-refractivity contribution in [3.05, 3.63) is 5.82 Å². The van der Waals surface area contributed by atoms with Gasteiger partial charge in [0, 0.05) is 6.04 Å². The molecule has 3 unspecified atom stereocenters. The van der Waals surface area contributed by atoms with E-state index in [4.69, 9.17) is 5.11 Å². The molecule has 0 aromatic carbocycles. The van der Waals surface area contributed by atoms with Gasteiger partial charge in [0.2, 0.25) is 0 Å². The minimum atomic E-state index is -0.691. The quantitative estimate of drug-likeness (QED) is 0.706. The molecule has 1 aromatic heterocycles. The van der Waals surface area contributed by atoms with E-state index in [2.05, 4.69) is 25.9 Å². The molecule has 1 heterocycles. The third-order valence-corrected chi connectivity index (χ3v) is 3.26. The Morgan fingerprint density at radius 1 is 1.59 bits per heavy atom. The average Bonchev–Trinajstić information content (AvgIpc) is 2.82. The molecular formula is C10H17N5O2. The number of carbonyl (C=O) groups is 1. The summed E-state index contributed by atoms with van der Waals surface area (Å²) < 4.78 is 0. The van der Waals surface area contributed by atoms with Crippen LogP contribution < -0.4 is 5.32 Å². The van der Waals surface area contributed by atoms with E-state index in [1.54, 1.807) is 0 Å². The lowest BCUT2D eigenvalue weighted by atomic mass is 9.85. The largest absolute Gasteiger partial charge is 0.481 e. The van der Waals surface area contributed by atoms with Crippen molar-refractivity contribution < 1.29 is 9.90 Å². The zero-order valence-corrected chi connectivity index (χ0v) is 9.76. The number of carboxylic acid groups (broad SMARTS) is 1. The molecule has 1 fully saturated rings. The van der Waals surface area contributed by atoms with Gasteiger partial charge in [0.25, 0.3) is 0 Å². The van der Waals surface area contributed by atoms with E-state index in [0.29, 0.717) is 12.2 Å². The molecule has 0 aliphatic heterocycles. The predicted molar refractivity (Wildman–Crippen MR) is 59.1 cm³/mol. The van der Waals surface area contributed by atoms with Gasteiger partial charge < -0.3 is 10.4 Å². The van der Waals surface area contributed by atoms with Crippen molar-refractivity contribution in [1.29, 1.82) is 0 Å². The van der Waals surface area contributed by atoms with Crippen LogP contribution in [-0.2, 0) is 4.79 Å². The average molecular weight is 239 g/mol. The third-order valence-electron chi connectivity index (χ3n) is 3.26. The molecule has 3 atom stereocenters. The fourth-order valence-corrected chi connectivity index (χ4v) is 2.35. The first-order valence-electron chi connectivity index (χ1n) is 5.89. The van der Waals surface area contributed by atoms with Crippen LogP contribution in [0.4, 0.5) is 0 Å². The van der Waals surface area contributed by atoms with Crippen LogP contribution >= 0.6 is 0 Å². The number of carboxylic acids is 1. The van der Waals surface area contributed by atoms with E-state index < -0.39 is 5.97 Å². The Kier molecular flexibility index (Phi) is 3.68. The van der Waals surface area contributed by atoms with E-state index in [9.17, 15) is 4.79 Å². The molecule has 17 heavy (non-hydrogen) atoms. The van der Waals surface area contributed by atoms with E-state index in [-0.39, 0.29) is 18.0 Å². The molecule has 94 valence electrons. The molecule has 1 aromatic rings. The lowest BCUT2D eigenvalue weighted by molar-refractivity contribution is -0.143. The Balaban J connectivity index is 1.88. The summed E-state index contributed by atoms with van der Waals surface area (Å²) in [6.45, 7) is 1.95. The summed E-state index contributed by atoms with van der Waals surface area (Å²) in [6, 6.07) is 0.213. The maximum atomic E-state index is 10.9.